The van der Waals surface area contributed by atoms with Gasteiger partial charge in [0, 0.05) is 14.9 Å². The van der Waals surface area contributed by atoms with E-state index in [-0.39, 0.29) is 47.3 Å². The molecule has 0 spiro atoms. The number of hydrogen-bond donors (Lipinski definition) is 1. The average Bonchev–Trinajstić information content (AvgIpc) is 3.44. The number of nitrogens with zero attached hydrogens (tertiary/aromatic N) is 2. The molecule has 0 radical (unpaired) electrons. The summed E-state index contributed by atoms with van der Waals surface area (Å²) >= 11 is 6.83. The van der Waals surface area contributed by atoms with Crippen molar-refractivity contribution < 1.29 is 33.8 Å². The zero-order valence-corrected chi connectivity index (χ0v) is 27.4. The van der Waals surface area contributed by atoms with Crippen molar-refractivity contribution in [3.63, 3.8) is 0 Å². The summed E-state index contributed by atoms with van der Waals surface area (Å²) in [5.41, 5.74) is 2.41. The van der Waals surface area contributed by atoms with Crippen LogP contribution in [0.4, 0.5) is 11.4 Å². The monoisotopic (exact) mass is 734 g/mol. The number of hydrogen-bond acceptors (Lipinski definition) is 7. The smallest absolute Gasteiger partial charge is 0.238 e. The molecule has 11 heteroatoms. The van der Waals surface area contributed by atoms with Gasteiger partial charge in [-0.3, -0.25) is 29.0 Å². The van der Waals surface area contributed by atoms with Crippen molar-refractivity contribution in [2.45, 2.75) is 18.8 Å². The third kappa shape index (κ3) is 4.53. The van der Waals surface area contributed by atoms with E-state index in [4.69, 9.17) is 9.47 Å². The number of rotatable bonds is 5. The Balaban J connectivity index is 1.36. The van der Waals surface area contributed by atoms with Crippen LogP contribution in [0.2, 0.25) is 0 Å². The van der Waals surface area contributed by atoms with E-state index >= 15 is 0 Å². The van der Waals surface area contributed by atoms with Gasteiger partial charge in [-0.2, -0.15) is 0 Å². The Hall–Kier alpha value is -3.96. The Kier molecular flexibility index (Phi) is 7.36. The van der Waals surface area contributed by atoms with Gasteiger partial charge in [0.05, 0.1) is 49.3 Å². The second-order valence-electron chi connectivity index (χ2n) is 11.8. The molecule has 9 nitrogen and oxygen atoms in total. The van der Waals surface area contributed by atoms with Gasteiger partial charge in [-0.15, -0.1) is 0 Å². The van der Waals surface area contributed by atoms with Gasteiger partial charge in [0.2, 0.25) is 29.4 Å². The summed E-state index contributed by atoms with van der Waals surface area (Å²) in [5, 5.41) is 10.7. The van der Waals surface area contributed by atoms with Crippen molar-refractivity contribution >= 4 is 66.9 Å². The van der Waals surface area contributed by atoms with Gasteiger partial charge >= 0.3 is 0 Å². The lowest BCUT2D eigenvalue weighted by molar-refractivity contribution is -0.126. The molecule has 2 aliphatic heterocycles. The Bertz CT molecular complexity index is 1760. The third-order valence-corrected chi connectivity index (χ3v) is 10.7. The quantitative estimate of drug-likeness (QED) is 0.254. The van der Waals surface area contributed by atoms with Crippen molar-refractivity contribution in [2.75, 3.05) is 24.0 Å². The van der Waals surface area contributed by atoms with Crippen molar-refractivity contribution in [2.24, 2.45) is 29.6 Å². The summed E-state index contributed by atoms with van der Waals surface area (Å²) in [7, 11) is 2.85. The molecule has 6 unspecified atom stereocenters. The molecule has 45 heavy (non-hydrogen) atoms. The Labute approximate surface area is 276 Å². The summed E-state index contributed by atoms with van der Waals surface area (Å²) in [6.45, 7) is 0. The number of halogens is 2. The normalized spacial score (nSPS) is 27.2. The van der Waals surface area contributed by atoms with E-state index in [0.717, 1.165) is 14.5 Å². The van der Waals surface area contributed by atoms with Crippen LogP contribution in [0.15, 0.2) is 81.3 Å². The highest BCUT2D eigenvalue weighted by molar-refractivity contribution is 9.10. The van der Waals surface area contributed by atoms with Crippen LogP contribution in [0.5, 0.6) is 17.2 Å². The highest BCUT2D eigenvalue weighted by atomic mass is 79.9. The molecule has 2 aliphatic carbocycles. The molecule has 2 saturated heterocycles. The van der Waals surface area contributed by atoms with Gasteiger partial charge in [-0.25, -0.2) is 0 Å². The fraction of sp³-hybridized carbons (Fsp3) is 0.294. The summed E-state index contributed by atoms with van der Waals surface area (Å²) in [4.78, 5) is 58.9. The molecule has 3 fully saturated rings. The third-order valence-electron chi connectivity index (χ3n) is 9.68. The van der Waals surface area contributed by atoms with Crippen molar-refractivity contribution in [3.05, 3.63) is 86.8 Å². The molecular weight excluding hydrogens is 708 g/mol. The van der Waals surface area contributed by atoms with Crippen LogP contribution in [0, 0.1) is 29.6 Å². The number of allylic oxidation sites excluding steroid dienone is 2. The summed E-state index contributed by atoms with van der Waals surface area (Å²) in [6, 6.07) is 17.3. The largest absolute Gasteiger partial charge is 0.502 e. The predicted octanol–water partition coefficient (Wildman–Crippen LogP) is 5.98. The Morgan fingerprint density at radius 2 is 1.18 bits per heavy atom. The van der Waals surface area contributed by atoms with E-state index in [0.29, 0.717) is 23.4 Å². The van der Waals surface area contributed by atoms with Gasteiger partial charge in [-0.05, 0) is 85.0 Å². The van der Waals surface area contributed by atoms with Crippen LogP contribution in [0.25, 0.3) is 0 Å². The highest BCUT2D eigenvalue weighted by Crippen LogP contribution is 2.59. The van der Waals surface area contributed by atoms with E-state index in [1.165, 1.54) is 24.0 Å². The van der Waals surface area contributed by atoms with Crippen LogP contribution in [0.1, 0.15) is 24.3 Å². The minimum Gasteiger partial charge on any atom is -0.502 e. The van der Waals surface area contributed by atoms with E-state index in [1.807, 2.05) is 6.08 Å². The molecule has 4 amide bonds. The maximum absolute atomic E-state index is 14.3. The molecule has 230 valence electrons. The Morgan fingerprint density at radius 1 is 0.689 bits per heavy atom. The Morgan fingerprint density at radius 3 is 1.69 bits per heavy atom. The number of imide groups is 2. The zero-order chi connectivity index (χ0) is 31.7. The first-order chi connectivity index (χ1) is 21.6. The van der Waals surface area contributed by atoms with E-state index in [9.17, 15) is 24.3 Å². The SMILES string of the molecule is COc1cc(C2C3=CCC4C(=O)N(c5ccc(Br)cc5)C(=O)C4C3CC3C(=O)N(c4ccc(Br)cc4)C(=O)C32)cc(OC)c1O. The number of methoxy groups -OCH3 is 2. The molecule has 1 N–H and O–H groups in total. The molecule has 1 saturated carbocycles. The number of anilines is 2. The first kappa shape index (κ1) is 29.7. The first-order valence-corrected chi connectivity index (χ1v) is 16.1. The second-order valence-corrected chi connectivity index (χ2v) is 13.6. The van der Waals surface area contributed by atoms with Gasteiger partial charge in [0.1, 0.15) is 0 Å². The lowest BCUT2D eigenvalue weighted by Gasteiger charge is -2.44. The standard InChI is InChI=1S/C34H28Br2N2O7/c1-44-25-13-16(14-26(45-2)30(25)39)27-21-11-12-22-28(33(42)37(31(22)40)19-7-3-17(35)4-8-19)23(21)15-24-29(27)34(43)38(32(24)41)20-9-5-18(36)6-10-20/h3-11,13-14,22-24,27-29,39H,12,15H2,1-2H3. The van der Waals surface area contributed by atoms with Crippen LogP contribution in [-0.4, -0.2) is 43.0 Å². The number of carbonyl (C=O) groups is 4. The van der Waals surface area contributed by atoms with Gasteiger partial charge in [0.15, 0.2) is 11.5 Å². The highest BCUT2D eigenvalue weighted by Gasteiger charge is 2.62. The number of aromatic hydroxyl groups is 1. The van der Waals surface area contributed by atoms with Crippen molar-refractivity contribution in [3.8, 4) is 17.2 Å². The average molecular weight is 736 g/mol. The van der Waals surface area contributed by atoms with Crippen LogP contribution < -0.4 is 19.3 Å². The summed E-state index contributed by atoms with van der Waals surface area (Å²) < 4.78 is 12.6. The topological polar surface area (TPSA) is 113 Å². The molecule has 0 bridgehead atoms. The van der Waals surface area contributed by atoms with Crippen LogP contribution in [-0.2, 0) is 19.2 Å². The van der Waals surface area contributed by atoms with E-state index in [1.54, 1.807) is 60.7 Å². The minimum absolute atomic E-state index is 0.160. The van der Waals surface area contributed by atoms with E-state index in [2.05, 4.69) is 31.9 Å². The molecule has 0 aromatic heterocycles. The minimum atomic E-state index is -0.770. The van der Waals surface area contributed by atoms with Gasteiger partial charge < -0.3 is 14.6 Å². The zero-order valence-electron chi connectivity index (χ0n) is 24.3. The van der Waals surface area contributed by atoms with Crippen LogP contribution >= 0.6 is 31.9 Å². The number of phenols is 1. The van der Waals surface area contributed by atoms with Gasteiger partial charge in [-0.1, -0.05) is 43.5 Å². The summed E-state index contributed by atoms with van der Waals surface area (Å²) in [5.74, 6) is -4.96. The maximum Gasteiger partial charge on any atom is 0.238 e. The number of ether oxygens (including phenoxy) is 2. The molecule has 3 aromatic carbocycles. The molecule has 6 atom stereocenters. The lowest BCUT2D eigenvalue weighted by atomic mass is 9.57. The number of phenolic OH excluding ortho intramolecular Hbond substituents is 1. The second kappa shape index (κ2) is 11.1. The molecule has 3 aromatic rings. The molecular formula is C34H28Br2N2O7. The fourth-order valence-corrected chi connectivity index (χ4v) is 8.27. The van der Waals surface area contributed by atoms with Crippen molar-refractivity contribution in [1.82, 2.24) is 0 Å². The first-order valence-electron chi connectivity index (χ1n) is 14.6. The van der Waals surface area contributed by atoms with Gasteiger partial charge in [0.25, 0.3) is 0 Å². The van der Waals surface area contributed by atoms with E-state index < -0.39 is 35.5 Å². The molecule has 4 aliphatic rings. The van der Waals surface area contributed by atoms with Crippen LogP contribution in [0.3, 0.4) is 0 Å². The molecule has 7 rings (SSSR count). The number of fused-ring (bicyclic) bond motifs is 4. The fourth-order valence-electron chi connectivity index (χ4n) is 7.75. The lowest BCUT2D eigenvalue weighted by Crippen LogP contribution is -2.43. The predicted molar refractivity (Wildman–Crippen MR) is 172 cm³/mol. The summed E-state index contributed by atoms with van der Waals surface area (Å²) in [6.07, 6.45) is 2.56. The number of carbonyl (C=O) groups excluding carboxylic acids is 4. The number of benzene rings is 3. The van der Waals surface area contributed by atoms with Crippen molar-refractivity contribution in [1.29, 1.82) is 0 Å². The maximum atomic E-state index is 14.3. The molecule has 2 heterocycles. The number of amides is 4.